The smallest absolute Gasteiger partial charge is 0.251 e. The number of amides is 3. The number of benzene rings is 1. The molecule has 0 saturated carbocycles. The quantitative estimate of drug-likeness (QED) is 0.836. The van der Waals surface area contributed by atoms with E-state index in [1.807, 2.05) is 31.2 Å². The third-order valence-corrected chi connectivity index (χ3v) is 5.35. The van der Waals surface area contributed by atoms with E-state index in [1.165, 1.54) is 0 Å². The third kappa shape index (κ3) is 4.30. The number of hydrogen-bond acceptors (Lipinski definition) is 4. The van der Waals surface area contributed by atoms with E-state index in [2.05, 4.69) is 5.32 Å². The summed E-state index contributed by atoms with van der Waals surface area (Å²) in [6, 6.07) is 7.23. The highest BCUT2D eigenvalue weighted by Crippen LogP contribution is 2.31. The molecule has 2 saturated heterocycles. The lowest BCUT2D eigenvalue weighted by Gasteiger charge is -2.39. The van der Waals surface area contributed by atoms with Crippen LogP contribution in [0.4, 0.5) is 0 Å². The van der Waals surface area contributed by atoms with E-state index in [1.54, 1.807) is 16.8 Å². The maximum absolute atomic E-state index is 12.8. The largest absolute Gasteiger partial charge is 0.356 e. The van der Waals surface area contributed by atoms with E-state index in [9.17, 15) is 14.4 Å². The summed E-state index contributed by atoms with van der Waals surface area (Å²) in [6.07, 6.45) is 1.76. The highest BCUT2D eigenvalue weighted by atomic mass is 16.5. The standard InChI is InChI=1S/C20H27N3O4/c1-14-7-3-4-8-15(14)18-19(27-13-17(25)22(18)2)20(26)21-10-12-23-11-6-5-9-16(23)24/h3-4,7-8,18-19H,5-6,9-13H2,1-2H3,(H,21,26)/t18-,19+/m1/s1. The Bertz CT molecular complexity index is 721. The van der Waals surface area contributed by atoms with E-state index in [-0.39, 0.29) is 24.3 Å². The van der Waals surface area contributed by atoms with Crippen LogP contribution in [0, 0.1) is 6.92 Å². The first-order valence-electron chi connectivity index (χ1n) is 9.47. The van der Waals surface area contributed by atoms with E-state index in [0.717, 1.165) is 30.5 Å². The first-order chi connectivity index (χ1) is 13.0. The first kappa shape index (κ1) is 19.4. The number of likely N-dealkylation sites (tertiary alicyclic amines) is 1. The molecule has 0 aliphatic carbocycles. The fourth-order valence-electron chi connectivity index (χ4n) is 3.73. The van der Waals surface area contributed by atoms with Gasteiger partial charge in [0.05, 0.1) is 6.04 Å². The molecule has 0 aromatic heterocycles. The third-order valence-electron chi connectivity index (χ3n) is 5.35. The van der Waals surface area contributed by atoms with Crippen molar-refractivity contribution in [2.45, 2.75) is 38.3 Å². The number of likely N-dealkylation sites (N-methyl/N-ethyl adjacent to an activating group) is 1. The lowest BCUT2D eigenvalue weighted by atomic mass is 9.94. The molecule has 2 fully saturated rings. The Morgan fingerprint density at radius 3 is 2.74 bits per heavy atom. The van der Waals surface area contributed by atoms with Crippen LogP contribution in [0.2, 0.25) is 0 Å². The number of aryl methyl sites for hydroxylation is 1. The summed E-state index contributed by atoms with van der Waals surface area (Å²) < 4.78 is 5.62. The molecule has 2 aliphatic rings. The van der Waals surface area contributed by atoms with Gasteiger partial charge in [-0.25, -0.2) is 0 Å². The number of morpholine rings is 1. The van der Waals surface area contributed by atoms with Crippen LogP contribution < -0.4 is 5.32 Å². The Labute approximate surface area is 159 Å². The van der Waals surface area contributed by atoms with Crippen molar-refractivity contribution < 1.29 is 19.1 Å². The van der Waals surface area contributed by atoms with Gasteiger partial charge in [0, 0.05) is 33.1 Å². The SMILES string of the molecule is Cc1ccccc1[C@@H]1[C@@H](C(=O)NCCN2CCCCC2=O)OCC(=O)N1C. The van der Waals surface area contributed by atoms with Gasteiger partial charge in [0.25, 0.3) is 5.91 Å². The summed E-state index contributed by atoms with van der Waals surface area (Å²) in [7, 11) is 1.70. The molecule has 1 N–H and O–H groups in total. The molecule has 7 nitrogen and oxygen atoms in total. The zero-order valence-electron chi connectivity index (χ0n) is 15.9. The van der Waals surface area contributed by atoms with E-state index < -0.39 is 12.1 Å². The average molecular weight is 373 g/mol. The number of rotatable bonds is 5. The van der Waals surface area contributed by atoms with Gasteiger partial charge in [-0.1, -0.05) is 24.3 Å². The van der Waals surface area contributed by atoms with Crippen LogP contribution in [0.15, 0.2) is 24.3 Å². The predicted octanol–water partition coefficient (Wildman–Crippen LogP) is 1.02. The van der Waals surface area contributed by atoms with Crippen molar-refractivity contribution in [2.75, 3.05) is 33.3 Å². The maximum Gasteiger partial charge on any atom is 0.251 e. The van der Waals surface area contributed by atoms with Crippen molar-refractivity contribution in [3.63, 3.8) is 0 Å². The van der Waals surface area contributed by atoms with Crippen molar-refractivity contribution in [2.24, 2.45) is 0 Å². The molecule has 1 aromatic carbocycles. The molecular formula is C20H27N3O4. The van der Waals surface area contributed by atoms with Gasteiger partial charge in [-0.2, -0.15) is 0 Å². The van der Waals surface area contributed by atoms with Crippen molar-refractivity contribution in [3.05, 3.63) is 35.4 Å². The molecule has 0 radical (unpaired) electrons. The van der Waals surface area contributed by atoms with Crippen molar-refractivity contribution >= 4 is 17.7 Å². The van der Waals surface area contributed by atoms with Gasteiger partial charge >= 0.3 is 0 Å². The molecule has 2 atom stereocenters. The lowest BCUT2D eigenvalue weighted by molar-refractivity contribution is -0.162. The second-order valence-corrected chi connectivity index (χ2v) is 7.17. The van der Waals surface area contributed by atoms with Crippen LogP contribution in [0.25, 0.3) is 0 Å². The predicted molar refractivity (Wildman–Crippen MR) is 99.9 cm³/mol. The topological polar surface area (TPSA) is 79.0 Å². The molecule has 0 bridgehead atoms. The summed E-state index contributed by atoms with van der Waals surface area (Å²) in [4.78, 5) is 40.2. The maximum atomic E-state index is 12.8. The molecule has 1 aromatic rings. The molecule has 146 valence electrons. The van der Waals surface area contributed by atoms with Gasteiger partial charge in [-0.3, -0.25) is 14.4 Å². The number of carbonyl (C=O) groups is 3. The molecule has 7 heteroatoms. The first-order valence-corrected chi connectivity index (χ1v) is 9.47. The number of piperidine rings is 1. The summed E-state index contributed by atoms with van der Waals surface area (Å²) in [6.45, 7) is 3.47. The van der Waals surface area contributed by atoms with Gasteiger partial charge in [0.1, 0.15) is 6.61 Å². The molecular weight excluding hydrogens is 346 g/mol. The number of carbonyl (C=O) groups excluding carboxylic acids is 3. The molecule has 3 amide bonds. The van der Waals surface area contributed by atoms with Crippen molar-refractivity contribution in [3.8, 4) is 0 Å². The van der Waals surface area contributed by atoms with Gasteiger partial charge in [0.15, 0.2) is 6.10 Å². The van der Waals surface area contributed by atoms with Gasteiger partial charge in [-0.15, -0.1) is 0 Å². The molecule has 2 aliphatic heterocycles. The van der Waals surface area contributed by atoms with Crippen LogP contribution >= 0.6 is 0 Å². The average Bonchev–Trinajstić information content (AvgIpc) is 2.66. The second kappa shape index (κ2) is 8.52. The minimum atomic E-state index is -0.772. The molecule has 0 unspecified atom stereocenters. The molecule has 0 spiro atoms. The Morgan fingerprint density at radius 1 is 1.22 bits per heavy atom. The molecule has 27 heavy (non-hydrogen) atoms. The fourth-order valence-corrected chi connectivity index (χ4v) is 3.73. The Hall–Kier alpha value is -2.41. The minimum Gasteiger partial charge on any atom is -0.356 e. The van der Waals surface area contributed by atoms with Crippen LogP contribution in [0.5, 0.6) is 0 Å². The van der Waals surface area contributed by atoms with Crippen LogP contribution in [0.1, 0.15) is 36.4 Å². The number of nitrogens with one attached hydrogen (secondary N) is 1. The summed E-state index contributed by atoms with van der Waals surface area (Å²) in [5, 5.41) is 2.88. The fraction of sp³-hybridized carbons (Fsp3) is 0.550. The summed E-state index contributed by atoms with van der Waals surface area (Å²) >= 11 is 0. The van der Waals surface area contributed by atoms with Gasteiger partial charge < -0.3 is 19.9 Å². The minimum absolute atomic E-state index is 0.110. The zero-order valence-corrected chi connectivity index (χ0v) is 15.9. The Kier molecular flexibility index (Phi) is 6.11. The normalized spacial score (nSPS) is 23.5. The van der Waals surface area contributed by atoms with E-state index in [0.29, 0.717) is 19.5 Å². The highest BCUT2D eigenvalue weighted by Gasteiger charge is 2.40. The molecule has 3 rings (SSSR count). The van der Waals surface area contributed by atoms with Crippen LogP contribution in [0.3, 0.4) is 0 Å². The Morgan fingerprint density at radius 2 is 2.00 bits per heavy atom. The van der Waals surface area contributed by atoms with Crippen LogP contribution in [-0.4, -0.2) is 66.9 Å². The zero-order chi connectivity index (χ0) is 19.4. The summed E-state index contributed by atoms with van der Waals surface area (Å²) in [5.41, 5.74) is 1.91. The highest BCUT2D eigenvalue weighted by molar-refractivity contribution is 5.86. The van der Waals surface area contributed by atoms with Crippen LogP contribution in [-0.2, 0) is 19.1 Å². The summed E-state index contributed by atoms with van der Waals surface area (Å²) in [5.74, 6) is -0.259. The van der Waals surface area contributed by atoms with Gasteiger partial charge in [-0.05, 0) is 30.9 Å². The monoisotopic (exact) mass is 373 g/mol. The Balaban J connectivity index is 1.67. The number of hydrogen-bond donors (Lipinski definition) is 1. The number of ether oxygens (including phenoxy) is 1. The van der Waals surface area contributed by atoms with Crippen molar-refractivity contribution in [1.82, 2.24) is 15.1 Å². The second-order valence-electron chi connectivity index (χ2n) is 7.17. The van der Waals surface area contributed by atoms with E-state index >= 15 is 0 Å². The van der Waals surface area contributed by atoms with Gasteiger partial charge in [0.2, 0.25) is 11.8 Å². The number of nitrogens with zero attached hydrogens (tertiary/aromatic N) is 2. The molecule has 2 heterocycles. The van der Waals surface area contributed by atoms with E-state index in [4.69, 9.17) is 4.74 Å². The lowest BCUT2D eigenvalue weighted by Crippen LogP contribution is -2.54. The van der Waals surface area contributed by atoms with Crippen molar-refractivity contribution in [1.29, 1.82) is 0 Å².